The van der Waals surface area contributed by atoms with E-state index in [9.17, 15) is 16.8 Å². The lowest BCUT2D eigenvalue weighted by atomic mass is 10.0. The minimum absolute atomic E-state index is 0.175. The predicted molar refractivity (Wildman–Crippen MR) is 114 cm³/mol. The first-order valence-electron chi connectivity index (χ1n) is 8.69. The Hall–Kier alpha value is -1.91. The maximum atomic E-state index is 13.0. The van der Waals surface area contributed by atoms with E-state index >= 15 is 0 Å². The number of anilines is 1. The average molecular weight is 469 g/mol. The van der Waals surface area contributed by atoms with Crippen molar-refractivity contribution in [3.8, 4) is 0 Å². The fraction of sp³-hybridized carbons (Fsp3) is 0.158. The summed E-state index contributed by atoms with van der Waals surface area (Å²) in [5.41, 5.74) is 2.19. The molecule has 0 unspecified atom stereocenters. The van der Waals surface area contributed by atoms with Crippen LogP contribution in [0.5, 0.6) is 0 Å². The van der Waals surface area contributed by atoms with Crippen LogP contribution in [-0.2, 0) is 33.0 Å². The molecule has 2 aromatic carbocycles. The van der Waals surface area contributed by atoms with E-state index in [1.807, 2.05) is 6.07 Å². The number of halogens is 1. The second kappa shape index (κ2) is 7.73. The lowest BCUT2D eigenvalue weighted by Crippen LogP contribution is -2.36. The van der Waals surface area contributed by atoms with E-state index in [0.717, 1.165) is 22.5 Å². The molecule has 0 spiro atoms. The van der Waals surface area contributed by atoms with Crippen LogP contribution in [0.3, 0.4) is 0 Å². The summed E-state index contributed by atoms with van der Waals surface area (Å²) in [7, 11) is -7.33. The monoisotopic (exact) mass is 468 g/mol. The summed E-state index contributed by atoms with van der Waals surface area (Å²) in [6.45, 7) is 0.535. The molecule has 0 atom stereocenters. The van der Waals surface area contributed by atoms with Crippen molar-refractivity contribution >= 4 is 48.7 Å². The summed E-state index contributed by atoms with van der Waals surface area (Å²) in [6, 6.07) is 14.5. The van der Waals surface area contributed by atoms with Crippen LogP contribution < -0.4 is 4.72 Å². The Bertz CT molecular complexity index is 1240. The van der Waals surface area contributed by atoms with Gasteiger partial charge < -0.3 is 0 Å². The van der Waals surface area contributed by atoms with Gasteiger partial charge in [0.25, 0.3) is 10.0 Å². The molecule has 0 bridgehead atoms. The zero-order valence-corrected chi connectivity index (χ0v) is 18.3. The van der Waals surface area contributed by atoms with E-state index < -0.39 is 20.0 Å². The average Bonchev–Trinajstić information content (AvgIpc) is 3.23. The highest BCUT2D eigenvalue weighted by Gasteiger charge is 2.28. The van der Waals surface area contributed by atoms with Crippen LogP contribution in [0.2, 0.25) is 5.02 Å². The third-order valence-electron chi connectivity index (χ3n) is 4.65. The second-order valence-electron chi connectivity index (χ2n) is 6.56. The third kappa shape index (κ3) is 4.19. The van der Waals surface area contributed by atoms with Gasteiger partial charge in [-0.3, -0.25) is 4.72 Å². The Morgan fingerprint density at radius 1 is 0.966 bits per heavy atom. The number of hydrogen-bond acceptors (Lipinski definition) is 5. The van der Waals surface area contributed by atoms with Crippen molar-refractivity contribution in [1.29, 1.82) is 0 Å². The van der Waals surface area contributed by atoms with Gasteiger partial charge in [-0.05, 0) is 65.4 Å². The molecule has 4 rings (SSSR count). The van der Waals surface area contributed by atoms with Crippen LogP contribution in [0, 0.1) is 0 Å². The third-order valence-corrected chi connectivity index (χ3v) is 9.54. The largest absolute Gasteiger partial charge is 0.279 e. The Kier molecular flexibility index (Phi) is 5.43. The SMILES string of the molecule is O=S(=O)(Nc1ccc2c(c1)CN(S(=O)(=O)c1ccc(Cl)cc1)CC2)c1cccs1. The molecule has 0 fully saturated rings. The van der Waals surface area contributed by atoms with E-state index in [4.69, 9.17) is 11.6 Å². The first-order valence-corrected chi connectivity index (χ1v) is 12.9. The number of sulfonamides is 2. The van der Waals surface area contributed by atoms with Gasteiger partial charge in [0.05, 0.1) is 4.90 Å². The van der Waals surface area contributed by atoms with Crippen LogP contribution in [-0.4, -0.2) is 27.7 Å². The zero-order chi connectivity index (χ0) is 20.6. The molecule has 0 saturated heterocycles. The standard InChI is InChI=1S/C19H17ClN2O4S3/c20-16-4-7-18(8-5-16)29(25,26)22-10-9-14-3-6-17(12-15(14)13-22)21-28(23,24)19-2-1-11-27-19/h1-8,11-12,21H,9-10,13H2. The first kappa shape index (κ1) is 20.4. The van der Waals surface area contributed by atoms with Gasteiger partial charge in [-0.2, -0.15) is 4.31 Å². The highest BCUT2D eigenvalue weighted by Crippen LogP contribution is 2.29. The second-order valence-corrected chi connectivity index (χ2v) is 11.8. The maximum absolute atomic E-state index is 13.0. The number of hydrogen-bond donors (Lipinski definition) is 1. The lowest BCUT2D eigenvalue weighted by Gasteiger charge is -2.28. The number of thiophene rings is 1. The smallest absolute Gasteiger partial charge is 0.271 e. The van der Waals surface area contributed by atoms with Crippen LogP contribution in [0.4, 0.5) is 5.69 Å². The van der Waals surface area contributed by atoms with Crippen molar-refractivity contribution in [2.75, 3.05) is 11.3 Å². The van der Waals surface area contributed by atoms with Crippen LogP contribution in [0.25, 0.3) is 0 Å². The maximum Gasteiger partial charge on any atom is 0.271 e. The van der Waals surface area contributed by atoms with E-state index in [1.165, 1.54) is 22.5 Å². The Morgan fingerprint density at radius 3 is 2.41 bits per heavy atom. The van der Waals surface area contributed by atoms with Crippen molar-refractivity contribution in [3.05, 3.63) is 76.1 Å². The molecule has 152 valence electrons. The molecule has 1 aromatic heterocycles. The molecule has 0 saturated carbocycles. The van der Waals surface area contributed by atoms with Crippen LogP contribution in [0.15, 0.2) is 69.1 Å². The summed E-state index contributed by atoms with van der Waals surface area (Å²) in [5, 5.41) is 2.16. The first-order chi connectivity index (χ1) is 13.8. The summed E-state index contributed by atoms with van der Waals surface area (Å²) >= 11 is 6.99. The van der Waals surface area contributed by atoms with Gasteiger partial charge in [0.1, 0.15) is 4.21 Å². The number of benzene rings is 2. The van der Waals surface area contributed by atoms with E-state index in [2.05, 4.69) is 4.72 Å². The van der Waals surface area contributed by atoms with Crippen molar-refractivity contribution in [1.82, 2.24) is 4.31 Å². The lowest BCUT2D eigenvalue weighted by molar-refractivity contribution is 0.391. The minimum Gasteiger partial charge on any atom is -0.279 e. The van der Waals surface area contributed by atoms with Crippen molar-refractivity contribution in [2.24, 2.45) is 0 Å². The Morgan fingerprint density at radius 2 is 1.72 bits per heavy atom. The Labute approximate surface area is 178 Å². The molecule has 29 heavy (non-hydrogen) atoms. The van der Waals surface area contributed by atoms with Gasteiger partial charge in [-0.1, -0.05) is 23.7 Å². The normalized spacial score (nSPS) is 15.1. The minimum atomic E-state index is -3.67. The van der Waals surface area contributed by atoms with E-state index in [-0.39, 0.29) is 15.6 Å². The number of nitrogens with zero attached hydrogens (tertiary/aromatic N) is 1. The highest BCUT2D eigenvalue weighted by atomic mass is 35.5. The number of fused-ring (bicyclic) bond motifs is 1. The quantitative estimate of drug-likeness (QED) is 0.614. The van der Waals surface area contributed by atoms with Crippen LogP contribution in [0.1, 0.15) is 11.1 Å². The predicted octanol–water partition coefficient (Wildman–Crippen LogP) is 3.95. The zero-order valence-electron chi connectivity index (χ0n) is 15.1. The Balaban J connectivity index is 1.59. The summed E-state index contributed by atoms with van der Waals surface area (Å²) in [6.07, 6.45) is 0.556. The number of rotatable bonds is 5. The molecule has 2 heterocycles. The number of nitrogens with one attached hydrogen (secondary N) is 1. The van der Waals surface area contributed by atoms with E-state index in [1.54, 1.807) is 35.7 Å². The van der Waals surface area contributed by atoms with Crippen LogP contribution >= 0.6 is 22.9 Å². The summed E-state index contributed by atoms with van der Waals surface area (Å²) in [5.74, 6) is 0. The summed E-state index contributed by atoms with van der Waals surface area (Å²) < 4.78 is 55.0. The molecule has 0 amide bonds. The van der Waals surface area contributed by atoms with Gasteiger partial charge in [-0.25, -0.2) is 16.8 Å². The molecule has 3 aromatic rings. The van der Waals surface area contributed by atoms with Crippen molar-refractivity contribution in [3.63, 3.8) is 0 Å². The highest BCUT2D eigenvalue weighted by molar-refractivity contribution is 7.94. The topological polar surface area (TPSA) is 83.6 Å². The van der Waals surface area contributed by atoms with Gasteiger partial charge in [0, 0.05) is 23.8 Å². The van der Waals surface area contributed by atoms with Crippen molar-refractivity contribution < 1.29 is 16.8 Å². The van der Waals surface area contributed by atoms with Gasteiger partial charge >= 0.3 is 0 Å². The van der Waals surface area contributed by atoms with Gasteiger partial charge in [-0.15, -0.1) is 11.3 Å². The van der Waals surface area contributed by atoms with E-state index in [0.29, 0.717) is 23.7 Å². The molecule has 6 nitrogen and oxygen atoms in total. The fourth-order valence-corrected chi connectivity index (χ4v) is 6.76. The molecule has 1 aliphatic heterocycles. The molecular formula is C19H17ClN2O4S3. The molecule has 1 aliphatic rings. The van der Waals surface area contributed by atoms with Gasteiger partial charge in [0.2, 0.25) is 10.0 Å². The van der Waals surface area contributed by atoms with Gasteiger partial charge in [0.15, 0.2) is 0 Å². The molecule has 0 aliphatic carbocycles. The molecule has 0 radical (unpaired) electrons. The molecule has 1 N–H and O–H groups in total. The fourth-order valence-electron chi connectivity index (χ4n) is 3.18. The van der Waals surface area contributed by atoms with Crippen molar-refractivity contribution in [2.45, 2.75) is 22.1 Å². The molecular weight excluding hydrogens is 452 g/mol. The molecule has 10 heteroatoms. The summed E-state index contributed by atoms with van der Waals surface area (Å²) in [4.78, 5) is 0.180.